The summed E-state index contributed by atoms with van der Waals surface area (Å²) >= 11 is 0. The zero-order valence-corrected chi connectivity index (χ0v) is 17.7. The normalized spacial score (nSPS) is 12.2. The summed E-state index contributed by atoms with van der Waals surface area (Å²) in [5.41, 5.74) is 2.14. The third-order valence-corrected chi connectivity index (χ3v) is 6.74. The summed E-state index contributed by atoms with van der Waals surface area (Å²) < 4.78 is 33.8. The Balaban J connectivity index is 2.14. The number of nitrogens with zero attached hydrogens (tertiary/aromatic N) is 2. The molecule has 3 aromatic carbocycles. The van der Waals surface area contributed by atoms with E-state index in [9.17, 15) is 18.5 Å². The largest absolute Gasteiger partial charge is 0.497 e. The van der Waals surface area contributed by atoms with Gasteiger partial charge in [-0.2, -0.15) is 0 Å². The maximum Gasteiger partial charge on any atom is 0.269 e. The minimum Gasteiger partial charge on any atom is -0.497 e. The fraction of sp³-hybridized carbons (Fsp3) is 0.182. The van der Waals surface area contributed by atoms with Crippen molar-refractivity contribution in [2.24, 2.45) is 0 Å². The molecule has 0 aliphatic heterocycles. The van der Waals surface area contributed by atoms with Crippen molar-refractivity contribution in [3.05, 3.63) is 94.0 Å². The lowest BCUT2D eigenvalue weighted by molar-refractivity contribution is -0.384. The van der Waals surface area contributed by atoms with Crippen LogP contribution in [0, 0.1) is 17.0 Å². The number of non-ortho nitro benzene ring substituents is 1. The molecule has 7 nitrogen and oxygen atoms in total. The lowest BCUT2D eigenvalue weighted by atomic mass is 10.1. The molecule has 0 aliphatic carbocycles. The Labute approximate surface area is 175 Å². The van der Waals surface area contributed by atoms with Gasteiger partial charge < -0.3 is 4.74 Å². The van der Waals surface area contributed by atoms with Gasteiger partial charge in [0, 0.05) is 18.2 Å². The van der Waals surface area contributed by atoms with E-state index in [0.717, 1.165) is 11.1 Å². The Hall–Kier alpha value is -3.39. The van der Waals surface area contributed by atoms with Gasteiger partial charge in [0.1, 0.15) is 5.75 Å². The summed E-state index contributed by atoms with van der Waals surface area (Å²) in [6.45, 7) is 3.76. The summed E-state index contributed by atoms with van der Waals surface area (Å²) in [6.07, 6.45) is 0. The Bertz CT molecular complexity index is 1140. The van der Waals surface area contributed by atoms with Crippen LogP contribution in [0.15, 0.2) is 77.7 Å². The van der Waals surface area contributed by atoms with E-state index in [0.29, 0.717) is 11.4 Å². The molecule has 0 saturated carbocycles. The van der Waals surface area contributed by atoms with Crippen molar-refractivity contribution in [2.45, 2.75) is 24.8 Å². The van der Waals surface area contributed by atoms with E-state index in [1.807, 2.05) is 31.2 Å². The van der Waals surface area contributed by atoms with E-state index in [1.165, 1.54) is 35.7 Å². The van der Waals surface area contributed by atoms with Crippen molar-refractivity contribution in [1.82, 2.24) is 0 Å². The van der Waals surface area contributed by atoms with Crippen molar-refractivity contribution in [2.75, 3.05) is 11.4 Å². The van der Waals surface area contributed by atoms with Gasteiger partial charge in [-0.05, 0) is 43.7 Å². The van der Waals surface area contributed by atoms with Crippen LogP contribution in [0.3, 0.4) is 0 Å². The molecule has 1 unspecified atom stereocenters. The number of nitro benzene ring substituents is 1. The number of nitro groups is 1. The van der Waals surface area contributed by atoms with Crippen molar-refractivity contribution in [1.29, 1.82) is 0 Å². The first-order chi connectivity index (χ1) is 14.2. The van der Waals surface area contributed by atoms with E-state index in [1.54, 1.807) is 31.2 Å². The first-order valence-electron chi connectivity index (χ1n) is 9.23. The van der Waals surface area contributed by atoms with Gasteiger partial charge in [-0.3, -0.25) is 14.4 Å². The van der Waals surface area contributed by atoms with Gasteiger partial charge in [0.2, 0.25) is 0 Å². The fourth-order valence-corrected chi connectivity index (χ4v) is 4.79. The molecule has 1 atom stereocenters. The molecule has 0 amide bonds. The van der Waals surface area contributed by atoms with Crippen LogP contribution in [0.25, 0.3) is 0 Å². The zero-order chi connectivity index (χ0) is 21.9. The molecule has 0 aromatic heterocycles. The number of ether oxygens (including phenoxy) is 1. The second-order valence-corrected chi connectivity index (χ2v) is 8.65. The lowest BCUT2D eigenvalue weighted by Crippen LogP contribution is -2.33. The number of methoxy groups -OCH3 is 1. The molecule has 156 valence electrons. The SMILES string of the molecule is COc1cccc(N(C(C)c2ccc(C)cc2)S(=O)(=O)c2ccc([N+](=O)[O-])cc2)c1. The average molecular weight is 426 g/mol. The van der Waals surface area contributed by atoms with Crippen LogP contribution in [0.1, 0.15) is 24.1 Å². The zero-order valence-electron chi connectivity index (χ0n) is 16.8. The predicted molar refractivity (Wildman–Crippen MR) is 115 cm³/mol. The quantitative estimate of drug-likeness (QED) is 0.397. The Morgan fingerprint density at radius 1 is 1.00 bits per heavy atom. The van der Waals surface area contributed by atoms with Crippen LogP contribution in [-0.2, 0) is 10.0 Å². The van der Waals surface area contributed by atoms with Crippen molar-refractivity contribution < 1.29 is 18.1 Å². The first-order valence-corrected chi connectivity index (χ1v) is 10.7. The molecule has 0 fully saturated rings. The fourth-order valence-electron chi connectivity index (χ4n) is 3.15. The molecule has 0 spiro atoms. The molecule has 30 heavy (non-hydrogen) atoms. The van der Waals surface area contributed by atoms with E-state index < -0.39 is 21.0 Å². The average Bonchev–Trinajstić information content (AvgIpc) is 2.74. The molecule has 0 N–H and O–H groups in total. The predicted octanol–water partition coefficient (Wildman–Crippen LogP) is 4.87. The summed E-state index contributed by atoms with van der Waals surface area (Å²) in [4.78, 5) is 10.3. The summed E-state index contributed by atoms with van der Waals surface area (Å²) in [5, 5.41) is 10.9. The summed E-state index contributed by atoms with van der Waals surface area (Å²) in [6, 6.07) is 18.8. The van der Waals surface area contributed by atoms with Gasteiger partial charge in [-0.15, -0.1) is 0 Å². The highest BCUT2D eigenvalue weighted by atomic mass is 32.2. The second-order valence-electron chi connectivity index (χ2n) is 6.84. The maximum absolute atomic E-state index is 13.6. The highest BCUT2D eigenvalue weighted by molar-refractivity contribution is 7.92. The lowest BCUT2D eigenvalue weighted by Gasteiger charge is -2.31. The van der Waals surface area contributed by atoms with E-state index in [-0.39, 0.29) is 10.6 Å². The molecule has 3 aromatic rings. The van der Waals surface area contributed by atoms with Gasteiger partial charge in [0.15, 0.2) is 0 Å². The van der Waals surface area contributed by atoms with Gasteiger partial charge in [0.25, 0.3) is 15.7 Å². The minimum absolute atomic E-state index is 0.0325. The molecule has 8 heteroatoms. The molecule has 3 rings (SSSR count). The summed E-state index contributed by atoms with van der Waals surface area (Å²) in [5.74, 6) is 0.521. The number of hydrogen-bond acceptors (Lipinski definition) is 5. The number of aryl methyl sites for hydroxylation is 1. The Kier molecular flexibility index (Phi) is 6.07. The number of rotatable bonds is 7. The second kappa shape index (κ2) is 8.54. The number of sulfonamides is 1. The van der Waals surface area contributed by atoms with Crippen molar-refractivity contribution in [3.8, 4) is 5.75 Å². The maximum atomic E-state index is 13.6. The van der Waals surface area contributed by atoms with Gasteiger partial charge in [-0.1, -0.05) is 35.9 Å². The number of hydrogen-bond donors (Lipinski definition) is 0. The Morgan fingerprint density at radius 3 is 2.20 bits per heavy atom. The number of anilines is 1. The molecule has 0 saturated heterocycles. The van der Waals surface area contributed by atoms with Gasteiger partial charge >= 0.3 is 0 Å². The summed E-state index contributed by atoms with van der Waals surface area (Å²) in [7, 11) is -2.51. The van der Waals surface area contributed by atoms with Crippen molar-refractivity contribution >= 4 is 21.4 Å². The van der Waals surface area contributed by atoms with Crippen LogP contribution in [0.2, 0.25) is 0 Å². The molecular weight excluding hydrogens is 404 g/mol. The third-order valence-electron chi connectivity index (χ3n) is 4.82. The molecule has 0 heterocycles. The molecule has 0 aliphatic rings. The molecular formula is C22H22N2O5S. The Morgan fingerprint density at radius 2 is 1.63 bits per heavy atom. The van der Waals surface area contributed by atoms with Crippen LogP contribution < -0.4 is 9.04 Å². The van der Waals surface area contributed by atoms with E-state index in [4.69, 9.17) is 4.74 Å². The standard InChI is InChI=1S/C22H22N2O5S/c1-16-7-9-18(10-8-16)17(2)23(20-5-4-6-21(15-20)29-3)30(27,28)22-13-11-19(12-14-22)24(25)26/h4-15,17H,1-3H3. The highest BCUT2D eigenvalue weighted by Crippen LogP contribution is 2.35. The smallest absolute Gasteiger partial charge is 0.269 e. The van der Waals surface area contributed by atoms with Crippen LogP contribution in [0.5, 0.6) is 5.75 Å². The third kappa shape index (κ3) is 4.28. The van der Waals surface area contributed by atoms with Crippen LogP contribution in [-0.4, -0.2) is 20.5 Å². The van der Waals surface area contributed by atoms with E-state index in [2.05, 4.69) is 0 Å². The molecule has 0 radical (unpaired) electrons. The first kappa shape index (κ1) is 21.3. The minimum atomic E-state index is -4.02. The van der Waals surface area contributed by atoms with Crippen molar-refractivity contribution in [3.63, 3.8) is 0 Å². The number of benzene rings is 3. The van der Waals surface area contributed by atoms with E-state index >= 15 is 0 Å². The van der Waals surface area contributed by atoms with Crippen LogP contribution >= 0.6 is 0 Å². The topological polar surface area (TPSA) is 89.8 Å². The van der Waals surface area contributed by atoms with Gasteiger partial charge in [-0.25, -0.2) is 8.42 Å². The monoisotopic (exact) mass is 426 g/mol. The highest BCUT2D eigenvalue weighted by Gasteiger charge is 2.31. The van der Waals surface area contributed by atoms with Crippen LogP contribution in [0.4, 0.5) is 11.4 Å². The molecule has 0 bridgehead atoms. The van der Waals surface area contributed by atoms with Gasteiger partial charge in [0.05, 0.1) is 28.7 Å².